The lowest BCUT2D eigenvalue weighted by Crippen LogP contribution is -1.91. The summed E-state index contributed by atoms with van der Waals surface area (Å²) in [6.07, 6.45) is 0. The lowest BCUT2D eigenvalue weighted by Gasteiger charge is -2.13. The van der Waals surface area contributed by atoms with Gasteiger partial charge in [-0.25, -0.2) is 0 Å². The van der Waals surface area contributed by atoms with Crippen LogP contribution in [0.5, 0.6) is 5.75 Å². The Bertz CT molecular complexity index is 821. The maximum Gasteiger partial charge on any atom is 0.135 e. The molecule has 0 heterocycles. The molecule has 21 heavy (non-hydrogen) atoms. The highest BCUT2D eigenvalue weighted by molar-refractivity contribution is 7.80. The zero-order chi connectivity index (χ0) is 15.0. The van der Waals surface area contributed by atoms with Crippen molar-refractivity contribution in [3.63, 3.8) is 0 Å². The van der Waals surface area contributed by atoms with Crippen LogP contribution in [0.25, 0.3) is 21.9 Å². The molecule has 0 aromatic heterocycles. The number of hydrogen-bond acceptors (Lipinski definition) is 2. The molecule has 1 nitrogen and oxygen atoms in total. The third kappa shape index (κ3) is 2.40. The van der Waals surface area contributed by atoms with Crippen molar-refractivity contribution in [1.29, 1.82) is 0 Å². The van der Waals surface area contributed by atoms with Gasteiger partial charge in [0.05, 0.1) is 12.0 Å². The normalized spacial score (nSPS) is 10.9. The summed E-state index contributed by atoms with van der Waals surface area (Å²) >= 11 is 4.63. The zero-order valence-electron chi connectivity index (χ0n) is 12.5. The molecule has 0 atom stereocenters. The van der Waals surface area contributed by atoms with Crippen molar-refractivity contribution in [3.05, 3.63) is 59.7 Å². The summed E-state index contributed by atoms with van der Waals surface area (Å²) in [6.45, 7) is 4.20. The first kappa shape index (κ1) is 14.0. The van der Waals surface area contributed by atoms with E-state index in [-0.39, 0.29) is 0 Å². The highest BCUT2D eigenvalue weighted by Gasteiger charge is 2.10. The van der Waals surface area contributed by atoms with Gasteiger partial charge in [-0.1, -0.05) is 36.4 Å². The van der Waals surface area contributed by atoms with Gasteiger partial charge in [0.25, 0.3) is 0 Å². The van der Waals surface area contributed by atoms with Crippen LogP contribution in [-0.2, 0) is 0 Å². The van der Waals surface area contributed by atoms with Gasteiger partial charge in [-0.05, 0) is 59.0 Å². The molecule has 0 radical (unpaired) electrons. The van der Waals surface area contributed by atoms with E-state index in [4.69, 9.17) is 4.74 Å². The van der Waals surface area contributed by atoms with E-state index in [0.717, 1.165) is 21.6 Å². The molecule has 0 bridgehead atoms. The van der Waals surface area contributed by atoms with E-state index in [9.17, 15) is 0 Å². The number of fused-ring (bicyclic) bond motifs is 1. The van der Waals surface area contributed by atoms with Gasteiger partial charge in [0.2, 0.25) is 0 Å². The van der Waals surface area contributed by atoms with E-state index < -0.39 is 0 Å². The molecule has 2 heteroatoms. The topological polar surface area (TPSA) is 9.23 Å². The summed E-state index contributed by atoms with van der Waals surface area (Å²) < 4.78 is 5.44. The summed E-state index contributed by atoms with van der Waals surface area (Å²) in [6, 6.07) is 17.1. The molecule has 106 valence electrons. The van der Waals surface area contributed by atoms with Gasteiger partial charge in [-0.15, -0.1) is 12.6 Å². The molecule has 0 saturated heterocycles. The predicted octanol–water partition coefficient (Wildman–Crippen LogP) is 5.42. The van der Waals surface area contributed by atoms with Crippen LogP contribution in [0.4, 0.5) is 0 Å². The zero-order valence-corrected chi connectivity index (χ0v) is 13.4. The first-order chi connectivity index (χ1) is 10.1. The largest absolute Gasteiger partial charge is 0.495 e. The predicted molar refractivity (Wildman–Crippen MR) is 92.7 cm³/mol. The van der Waals surface area contributed by atoms with Crippen LogP contribution in [0.3, 0.4) is 0 Å². The smallest absolute Gasteiger partial charge is 0.135 e. The van der Waals surface area contributed by atoms with Gasteiger partial charge in [0.1, 0.15) is 5.75 Å². The highest BCUT2D eigenvalue weighted by Crippen LogP contribution is 2.36. The molecule has 0 N–H and O–H groups in total. The lowest BCUT2D eigenvalue weighted by molar-refractivity contribution is 0.403. The molecule has 3 aromatic rings. The van der Waals surface area contributed by atoms with Crippen LogP contribution in [0.1, 0.15) is 11.1 Å². The molecule has 0 unspecified atom stereocenters. The summed E-state index contributed by atoms with van der Waals surface area (Å²) in [5, 5.41) is 2.32. The number of benzene rings is 3. The van der Waals surface area contributed by atoms with Crippen molar-refractivity contribution in [1.82, 2.24) is 0 Å². The van der Waals surface area contributed by atoms with Crippen molar-refractivity contribution in [2.45, 2.75) is 18.7 Å². The van der Waals surface area contributed by atoms with Crippen LogP contribution < -0.4 is 4.74 Å². The van der Waals surface area contributed by atoms with Crippen LogP contribution in [-0.4, -0.2) is 7.11 Å². The Morgan fingerprint density at radius 1 is 0.905 bits per heavy atom. The monoisotopic (exact) mass is 294 g/mol. The maximum atomic E-state index is 5.44. The van der Waals surface area contributed by atoms with Crippen LogP contribution in [0, 0.1) is 13.8 Å². The van der Waals surface area contributed by atoms with Gasteiger partial charge in [0.15, 0.2) is 0 Å². The summed E-state index contributed by atoms with van der Waals surface area (Å²) in [7, 11) is 1.69. The Hall–Kier alpha value is -1.93. The fraction of sp³-hybridized carbons (Fsp3) is 0.158. The Balaban J connectivity index is 2.24. The Labute approximate surface area is 131 Å². The second-order valence-electron chi connectivity index (χ2n) is 5.33. The second kappa shape index (κ2) is 5.45. The molecule has 0 saturated carbocycles. The van der Waals surface area contributed by atoms with Crippen molar-refractivity contribution >= 4 is 23.4 Å². The quantitative estimate of drug-likeness (QED) is 0.621. The molecule has 3 rings (SSSR count). The SMILES string of the molecule is COc1c(C)cc2cc(-c3ccccc3C)ccc2c1S. The first-order valence-electron chi connectivity index (χ1n) is 6.98. The lowest BCUT2D eigenvalue weighted by atomic mass is 9.97. The number of rotatable bonds is 2. The van der Waals surface area contributed by atoms with Crippen molar-refractivity contribution in [2.24, 2.45) is 0 Å². The molecule has 0 amide bonds. The molecule has 0 aliphatic heterocycles. The van der Waals surface area contributed by atoms with Gasteiger partial charge >= 0.3 is 0 Å². The molecule has 0 fully saturated rings. The molecular weight excluding hydrogens is 276 g/mol. The fourth-order valence-electron chi connectivity index (χ4n) is 2.83. The molecule has 0 aliphatic carbocycles. The minimum absolute atomic E-state index is 0.856. The Morgan fingerprint density at radius 3 is 2.38 bits per heavy atom. The number of ether oxygens (including phenoxy) is 1. The Kier molecular flexibility index (Phi) is 3.64. The van der Waals surface area contributed by atoms with E-state index in [0.29, 0.717) is 0 Å². The van der Waals surface area contributed by atoms with Crippen LogP contribution >= 0.6 is 12.6 Å². The van der Waals surface area contributed by atoms with Crippen LogP contribution in [0.15, 0.2) is 53.4 Å². The highest BCUT2D eigenvalue weighted by atomic mass is 32.1. The average molecular weight is 294 g/mol. The van der Waals surface area contributed by atoms with E-state index >= 15 is 0 Å². The standard InChI is InChI=1S/C19H18OS/c1-12-6-4-5-7-16(12)14-8-9-17-15(11-14)10-13(2)18(20-3)19(17)21/h4-11,21H,1-3H3. The van der Waals surface area contributed by atoms with Crippen molar-refractivity contribution < 1.29 is 4.74 Å². The van der Waals surface area contributed by atoms with Crippen molar-refractivity contribution in [3.8, 4) is 16.9 Å². The van der Waals surface area contributed by atoms with E-state index in [1.165, 1.54) is 22.1 Å². The summed E-state index contributed by atoms with van der Waals surface area (Å²) in [4.78, 5) is 0.906. The molecule has 0 aliphatic rings. The number of hydrogen-bond donors (Lipinski definition) is 1. The van der Waals surface area contributed by atoms with Gasteiger partial charge in [-0.2, -0.15) is 0 Å². The van der Waals surface area contributed by atoms with Gasteiger partial charge in [0, 0.05) is 0 Å². The number of thiol groups is 1. The number of methoxy groups -OCH3 is 1. The van der Waals surface area contributed by atoms with Gasteiger partial charge < -0.3 is 4.74 Å². The fourth-order valence-corrected chi connectivity index (χ4v) is 3.30. The second-order valence-corrected chi connectivity index (χ2v) is 5.77. The maximum absolute atomic E-state index is 5.44. The molecule has 3 aromatic carbocycles. The first-order valence-corrected chi connectivity index (χ1v) is 7.43. The average Bonchev–Trinajstić information content (AvgIpc) is 2.47. The van der Waals surface area contributed by atoms with E-state index in [2.05, 4.69) is 75.0 Å². The van der Waals surface area contributed by atoms with E-state index in [1.807, 2.05) is 0 Å². The molecular formula is C19H18OS. The molecule has 0 spiro atoms. The number of aryl methyl sites for hydroxylation is 2. The summed E-state index contributed by atoms with van der Waals surface area (Å²) in [5.74, 6) is 0.856. The van der Waals surface area contributed by atoms with Crippen LogP contribution in [0.2, 0.25) is 0 Å². The third-order valence-corrected chi connectivity index (χ3v) is 4.36. The van der Waals surface area contributed by atoms with Gasteiger partial charge in [-0.3, -0.25) is 0 Å². The third-order valence-electron chi connectivity index (χ3n) is 3.91. The minimum atomic E-state index is 0.856. The van der Waals surface area contributed by atoms with Crippen molar-refractivity contribution in [2.75, 3.05) is 7.11 Å². The minimum Gasteiger partial charge on any atom is -0.495 e. The summed E-state index contributed by atoms with van der Waals surface area (Å²) in [5.41, 5.74) is 4.90. The van der Waals surface area contributed by atoms with E-state index in [1.54, 1.807) is 7.11 Å². The Morgan fingerprint density at radius 2 is 1.67 bits per heavy atom.